The minimum atomic E-state index is -0.191. The zero-order chi connectivity index (χ0) is 21.0. The molecule has 2 aliphatic rings. The van der Waals surface area contributed by atoms with Crippen molar-refractivity contribution in [1.29, 1.82) is 0 Å². The minimum Gasteiger partial charge on any atom is -0.338 e. The minimum absolute atomic E-state index is 0.113. The molecule has 158 valence electrons. The van der Waals surface area contributed by atoms with Crippen LogP contribution in [0.2, 0.25) is 0 Å². The molecule has 1 atom stereocenters. The SMILES string of the molecule is Cc1nn(C(C)(C)C)c2nc(C3CC3)cc(C(=O)N3CCCC(c4nccs4)C3)c12. The van der Waals surface area contributed by atoms with Crippen molar-refractivity contribution in [3.63, 3.8) is 0 Å². The molecule has 3 aromatic rings. The van der Waals surface area contributed by atoms with E-state index in [0.717, 1.165) is 71.8 Å². The van der Waals surface area contributed by atoms with Crippen molar-refractivity contribution in [3.8, 4) is 0 Å². The summed E-state index contributed by atoms with van der Waals surface area (Å²) < 4.78 is 1.99. The number of nitrogens with zero attached hydrogens (tertiary/aromatic N) is 5. The number of piperidine rings is 1. The van der Waals surface area contributed by atoms with Gasteiger partial charge in [0.15, 0.2) is 5.65 Å². The molecule has 4 heterocycles. The topological polar surface area (TPSA) is 63.9 Å². The van der Waals surface area contributed by atoms with Gasteiger partial charge in [0.25, 0.3) is 5.91 Å². The van der Waals surface area contributed by atoms with Gasteiger partial charge in [-0.15, -0.1) is 11.3 Å². The van der Waals surface area contributed by atoms with Crippen LogP contribution in [-0.4, -0.2) is 43.6 Å². The van der Waals surface area contributed by atoms with Crippen molar-refractivity contribution < 1.29 is 4.79 Å². The zero-order valence-electron chi connectivity index (χ0n) is 18.2. The third-order valence-electron chi connectivity index (χ3n) is 6.20. The first-order valence-electron chi connectivity index (χ1n) is 10.9. The van der Waals surface area contributed by atoms with Crippen molar-refractivity contribution in [3.05, 3.63) is 39.6 Å². The second-order valence-corrected chi connectivity index (χ2v) is 10.6. The summed E-state index contributed by atoms with van der Waals surface area (Å²) in [5, 5.41) is 8.88. The standard InChI is InChI=1S/C23H29N5OS/c1-14-19-17(22(29)27-10-5-6-16(13-27)21-24-9-11-30-21)12-18(15-7-8-15)25-20(19)28(26-14)23(2,3)4/h9,11-12,15-16H,5-8,10,13H2,1-4H3. The van der Waals surface area contributed by atoms with E-state index in [4.69, 9.17) is 10.1 Å². The number of carbonyl (C=O) groups is 1. The van der Waals surface area contributed by atoms with E-state index in [1.54, 1.807) is 11.3 Å². The quantitative estimate of drug-likeness (QED) is 0.604. The van der Waals surface area contributed by atoms with Crippen LogP contribution >= 0.6 is 11.3 Å². The van der Waals surface area contributed by atoms with E-state index in [1.165, 1.54) is 0 Å². The van der Waals surface area contributed by atoms with E-state index in [1.807, 2.05) is 28.1 Å². The molecule has 1 saturated carbocycles. The number of fused-ring (bicyclic) bond motifs is 1. The second-order valence-electron chi connectivity index (χ2n) is 9.70. The fraction of sp³-hybridized carbons (Fsp3) is 0.565. The number of hydrogen-bond donors (Lipinski definition) is 0. The molecule has 1 amide bonds. The molecule has 0 spiro atoms. The molecule has 0 bridgehead atoms. The normalized spacial score (nSPS) is 20.1. The molecule has 5 rings (SSSR count). The first kappa shape index (κ1) is 19.7. The molecule has 30 heavy (non-hydrogen) atoms. The third kappa shape index (κ3) is 3.43. The maximum Gasteiger partial charge on any atom is 0.254 e. The highest BCUT2D eigenvalue weighted by Crippen LogP contribution is 2.41. The second kappa shape index (κ2) is 7.15. The van der Waals surface area contributed by atoms with Gasteiger partial charge in [-0.05, 0) is 59.4 Å². The van der Waals surface area contributed by atoms with Crippen molar-refractivity contribution in [2.24, 2.45) is 0 Å². The number of thiazole rings is 1. The van der Waals surface area contributed by atoms with Crippen LogP contribution in [0.25, 0.3) is 11.0 Å². The van der Waals surface area contributed by atoms with E-state index < -0.39 is 0 Å². The van der Waals surface area contributed by atoms with Crippen molar-refractivity contribution in [1.82, 2.24) is 24.6 Å². The van der Waals surface area contributed by atoms with E-state index >= 15 is 0 Å². The van der Waals surface area contributed by atoms with Gasteiger partial charge in [0, 0.05) is 42.2 Å². The highest BCUT2D eigenvalue weighted by molar-refractivity contribution is 7.09. The maximum atomic E-state index is 13.8. The van der Waals surface area contributed by atoms with Gasteiger partial charge < -0.3 is 4.90 Å². The first-order valence-corrected chi connectivity index (χ1v) is 11.8. The van der Waals surface area contributed by atoms with Crippen LogP contribution in [0, 0.1) is 6.92 Å². The van der Waals surface area contributed by atoms with Crippen LogP contribution in [0.5, 0.6) is 0 Å². The van der Waals surface area contributed by atoms with Gasteiger partial charge in [0.05, 0.1) is 27.2 Å². The Labute approximate surface area is 181 Å². The Hall–Kier alpha value is -2.28. The van der Waals surface area contributed by atoms with Crippen LogP contribution in [0.1, 0.15) is 85.0 Å². The van der Waals surface area contributed by atoms with Crippen LogP contribution < -0.4 is 0 Å². The Kier molecular flexibility index (Phi) is 4.69. The summed E-state index contributed by atoms with van der Waals surface area (Å²) in [6.45, 7) is 9.94. The van der Waals surface area contributed by atoms with E-state index in [2.05, 4.69) is 31.8 Å². The summed E-state index contributed by atoms with van der Waals surface area (Å²) in [4.78, 5) is 25.3. The molecule has 2 fully saturated rings. The predicted octanol–water partition coefficient (Wildman–Crippen LogP) is 4.85. The van der Waals surface area contributed by atoms with Crippen LogP contribution in [0.3, 0.4) is 0 Å². The Bertz CT molecular complexity index is 1090. The van der Waals surface area contributed by atoms with E-state index in [9.17, 15) is 4.79 Å². The number of likely N-dealkylation sites (tertiary alicyclic amines) is 1. The summed E-state index contributed by atoms with van der Waals surface area (Å²) in [5.41, 5.74) is 3.36. The lowest BCUT2D eigenvalue weighted by Crippen LogP contribution is -2.39. The Balaban J connectivity index is 1.57. The lowest BCUT2D eigenvalue weighted by atomic mass is 9.97. The van der Waals surface area contributed by atoms with Crippen molar-refractivity contribution >= 4 is 28.3 Å². The van der Waals surface area contributed by atoms with Crippen molar-refractivity contribution in [2.75, 3.05) is 13.1 Å². The largest absolute Gasteiger partial charge is 0.338 e. The summed E-state index contributed by atoms with van der Waals surface area (Å²) in [7, 11) is 0. The lowest BCUT2D eigenvalue weighted by molar-refractivity contribution is 0.0708. The average Bonchev–Trinajstić information content (AvgIpc) is 3.31. The maximum absolute atomic E-state index is 13.8. The molecule has 1 saturated heterocycles. The molecule has 6 nitrogen and oxygen atoms in total. The summed E-state index contributed by atoms with van der Waals surface area (Å²) in [5.74, 6) is 0.928. The van der Waals surface area contributed by atoms with Crippen LogP contribution in [0.4, 0.5) is 0 Å². The molecular weight excluding hydrogens is 394 g/mol. The lowest BCUT2D eigenvalue weighted by Gasteiger charge is -2.32. The van der Waals surface area contributed by atoms with Gasteiger partial charge in [-0.2, -0.15) is 5.10 Å². The van der Waals surface area contributed by atoms with Crippen LogP contribution in [-0.2, 0) is 5.54 Å². The number of amides is 1. The molecule has 0 radical (unpaired) electrons. The van der Waals surface area contributed by atoms with Crippen molar-refractivity contribution in [2.45, 2.75) is 70.8 Å². The Morgan fingerprint density at radius 1 is 1.20 bits per heavy atom. The first-order chi connectivity index (χ1) is 14.3. The molecule has 1 unspecified atom stereocenters. The highest BCUT2D eigenvalue weighted by atomic mass is 32.1. The smallest absolute Gasteiger partial charge is 0.254 e. The molecule has 7 heteroatoms. The molecule has 0 N–H and O–H groups in total. The molecular formula is C23H29N5OS. The summed E-state index contributed by atoms with van der Waals surface area (Å²) in [6.07, 6.45) is 6.28. The number of pyridine rings is 1. The Morgan fingerprint density at radius 2 is 2.00 bits per heavy atom. The van der Waals surface area contributed by atoms with Gasteiger partial charge in [0.2, 0.25) is 0 Å². The molecule has 1 aliphatic heterocycles. The Morgan fingerprint density at radius 3 is 2.67 bits per heavy atom. The molecule has 1 aliphatic carbocycles. The van der Waals surface area contributed by atoms with E-state index in [0.29, 0.717) is 11.8 Å². The number of hydrogen-bond acceptors (Lipinski definition) is 5. The van der Waals surface area contributed by atoms with Gasteiger partial charge in [-0.3, -0.25) is 4.79 Å². The van der Waals surface area contributed by atoms with E-state index in [-0.39, 0.29) is 11.4 Å². The third-order valence-corrected chi connectivity index (χ3v) is 7.14. The zero-order valence-corrected chi connectivity index (χ0v) is 19.0. The van der Waals surface area contributed by atoms with Crippen LogP contribution in [0.15, 0.2) is 17.6 Å². The predicted molar refractivity (Wildman–Crippen MR) is 119 cm³/mol. The number of carbonyl (C=O) groups excluding carboxylic acids is 1. The monoisotopic (exact) mass is 423 g/mol. The number of aryl methyl sites for hydroxylation is 1. The van der Waals surface area contributed by atoms with Gasteiger partial charge >= 0.3 is 0 Å². The number of rotatable bonds is 3. The number of aromatic nitrogens is 4. The van der Waals surface area contributed by atoms with Gasteiger partial charge in [-0.1, -0.05) is 0 Å². The fourth-order valence-corrected chi connectivity index (χ4v) is 5.27. The average molecular weight is 424 g/mol. The highest BCUT2D eigenvalue weighted by Gasteiger charge is 2.33. The molecule has 0 aromatic carbocycles. The fourth-order valence-electron chi connectivity index (χ4n) is 4.50. The van der Waals surface area contributed by atoms with Gasteiger partial charge in [0.1, 0.15) is 0 Å². The summed E-state index contributed by atoms with van der Waals surface area (Å²) in [6, 6.07) is 2.05. The molecule has 3 aromatic heterocycles. The summed E-state index contributed by atoms with van der Waals surface area (Å²) >= 11 is 1.69. The van der Waals surface area contributed by atoms with Gasteiger partial charge in [-0.25, -0.2) is 14.6 Å².